The van der Waals surface area contributed by atoms with Crippen LogP contribution in [0.4, 0.5) is 11.9 Å². The second-order valence-corrected chi connectivity index (χ2v) is 5.20. The van der Waals surface area contributed by atoms with Gasteiger partial charge in [-0.2, -0.15) is 15.0 Å². The van der Waals surface area contributed by atoms with Crippen LogP contribution in [0.5, 0.6) is 0 Å². The van der Waals surface area contributed by atoms with Crippen molar-refractivity contribution in [3.63, 3.8) is 0 Å². The number of rotatable bonds is 4. The van der Waals surface area contributed by atoms with Gasteiger partial charge in [-0.15, -0.1) is 0 Å². The lowest BCUT2D eigenvalue weighted by molar-refractivity contribution is 0.565. The quantitative estimate of drug-likeness (QED) is 0.829. The normalized spacial score (nSPS) is 16.0. The molecule has 1 aliphatic heterocycles. The van der Waals surface area contributed by atoms with Gasteiger partial charge in [0.25, 0.3) is 0 Å². The highest BCUT2D eigenvalue weighted by molar-refractivity contribution is 7.99. The summed E-state index contributed by atoms with van der Waals surface area (Å²) >= 11 is 1.65. The Morgan fingerprint density at radius 1 is 1.18 bits per heavy atom. The van der Waals surface area contributed by atoms with E-state index in [9.17, 15) is 0 Å². The molecule has 1 N–H and O–H groups in total. The number of hydrogen-bond donors (Lipinski definition) is 1. The van der Waals surface area contributed by atoms with Crippen LogP contribution in [0.15, 0.2) is 5.16 Å². The number of thioether (sulfide) groups is 1. The molecule has 0 aliphatic carbocycles. The lowest BCUT2D eigenvalue weighted by Crippen LogP contribution is -2.31. The smallest absolute Gasteiger partial charge is 0.231 e. The van der Waals surface area contributed by atoms with Gasteiger partial charge in [-0.25, -0.2) is 0 Å². The van der Waals surface area contributed by atoms with Crippen LogP contribution in [-0.4, -0.2) is 40.8 Å². The van der Waals surface area contributed by atoms with Gasteiger partial charge in [0, 0.05) is 20.1 Å². The Labute approximate surface area is 106 Å². The molecule has 1 aromatic rings. The summed E-state index contributed by atoms with van der Waals surface area (Å²) in [6.07, 6.45) is 3.78. The van der Waals surface area contributed by atoms with E-state index in [1.54, 1.807) is 11.8 Å². The van der Waals surface area contributed by atoms with Crippen LogP contribution in [0.3, 0.4) is 0 Å². The van der Waals surface area contributed by atoms with E-state index >= 15 is 0 Å². The van der Waals surface area contributed by atoms with Crippen molar-refractivity contribution >= 4 is 23.7 Å². The minimum Gasteiger partial charge on any atom is -0.357 e. The maximum Gasteiger partial charge on any atom is 0.231 e. The monoisotopic (exact) mass is 253 g/mol. The molecule has 17 heavy (non-hydrogen) atoms. The Kier molecular flexibility index (Phi) is 4.42. The highest BCUT2D eigenvalue weighted by atomic mass is 32.2. The molecule has 2 rings (SSSR count). The van der Waals surface area contributed by atoms with E-state index in [0.717, 1.165) is 29.9 Å². The predicted molar refractivity (Wildman–Crippen MR) is 71.8 cm³/mol. The highest BCUT2D eigenvalue weighted by Crippen LogP contribution is 2.20. The van der Waals surface area contributed by atoms with Gasteiger partial charge in [0.1, 0.15) is 0 Å². The van der Waals surface area contributed by atoms with E-state index in [4.69, 9.17) is 0 Å². The first-order chi connectivity index (χ1) is 8.33. The summed E-state index contributed by atoms with van der Waals surface area (Å²) in [7, 11) is 1.84. The number of piperidine rings is 1. The number of hydrogen-bond acceptors (Lipinski definition) is 6. The molecule has 0 radical (unpaired) electrons. The lowest BCUT2D eigenvalue weighted by atomic mass is 10.1. The Bertz CT molecular complexity index is 365. The first-order valence-corrected chi connectivity index (χ1v) is 7.13. The molecule has 1 saturated heterocycles. The Hall–Kier alpha value is -1.04. The summed E-state index contributed by atoms with van der Waals surface area (Å²) in [5.41, 5.74) is 0. The van der Waals surface area contributed by atoms with Gasteiger partial charge >= 0.3 is 0 Å². The van der Waals surface area contributed by atoms with Gasteiger partial charge in [0.2, 0.25) is 11.9 Å². The zero-order valence-electron chi connectivity index (χ0n) is 10.4. The van der Waals surface area contributed by atoms with E-state index in [0.29, 0.717) is 5.95 Å². The third-order valence-electron chi connectivity index (χ3n) is 2.74. The second-order valence-electron chi connectivity index (χ2n) is 3.97. The average molecular weight is 253 g/mol. The van der Waals surface area contributed by atoms with E-state index in [-0.39, 0.29) is 0 Å². The fraction of sp³-hybridized carbons (Fsp3) is 0.727. The molecule has 0 spiro atoms. The largest absolute Gasteiger partial charge is 0.357 e. The fourth-order valence-electron chi connectivity index (χ4n) is 1.89. The van der Waals surface area contributed by atoms with Gasteiger partial charge in [-0.05, 0) is 25.0 Å². The molecule has 2 heterocycles. The minimum atomic E-state index is 0.663. The first-order valence-electron chi connectivity index (χ1n) is 6.15. The molecule has 5 nitrogen and oxygen atoms in total. The van der Waals surface area contributed by atoms with Crippen molar-refractivity contribution < 1.29 is 0 Å². The summed E-state index contributed by atoms with van der Waals surface area (Å²) < 4.78 is 0. The van der Waals surface area contributed by atoms with Gasteiger partial charge < -0.3 is 10.2 Å². The summed E-state index contributed by atoms with van der Waals surface area (Å²) in [6, 6.07) is 0. The van der Waals surface area contributed by atoms with Crippen LogP contribution >= 0.6 is 11.8 Å². The van der Waals surface area contributed by atoms with Crippen LogP contribution in [0, 0.1) is 0 Å². The molecule has 1 aliphatic rings. The highest BCUT2D eigenvalue weighted by Gasteiger charge is 2.15. The van der Waals surface area contributed by atoms with Crippen molar-refractivity contribution in [3.05, 3.63) is 0 Å². The van der Waals surface area contributed by atoms with E-state index in [2.05, 4.69) is 32.1 Å². The molecule has 1 fully saturated rings. The van der Waals surface area contributed by atoms with Crippen molar-refractivity contribution in [1.82, 2.24) is 15.0 Å². The van der Waals surface area contributed by atoms with Crippen molar-refractivity contribution in [2.45, 2.75) is 31.3 Å². The molecule has 94 valence electrons. The van der Waals surface area contributed by atoms with E-state index in [1.165, 1.54) is 19.3 Å². The lowest BCUT2D eigenvalue weighted by Gasteiger charge is -2.26. The molecule has 0 saturated carbocycles. The second kappa shape index (κ2) is 6.05. The van der Waals surface area contributed by atoms with Crippen molar-refractivity contribution in [2.24, 2.45) is 0 Å². The molecule has 0 unspecified atom stereocenters. The van der Waals surface area contributed by atoms with Crippen LogP contribution in [0.1, 0.15) is 26.2 Å². The van der Waals surface area contributed by atoms with Gasteiger partial charge in [0.05, 0.1) is 0 Å². The molecular formula is C11H19N5S. The number of nitrogens with one attached hydrogen (secondary N) is 1. The third-order valence-corrected chi connectivity index (χ3v) is 3.47. The molecule has 6 heteroatoms. The zero-order valence-corrected chi connectivity index (χ0v) is 11.3. The van der Waals surface area contributed by atoms with E-state index in [1.807, 2.05) is 7.05 Å². The van der Waals surface area contributed by atoms with Gasteiger partial charge in [0.15, 0.2) is 5.16 Å². The maximum atomic E-state index is 4.52. The number of nitrogens with zero attached hydrogens (tertiary/aromatic N) is 4. The first kappa shape index (κ1) is 12.4. The standard InChI is InChI=1S/C11H19N5S/c1-3-17-11-14-9(12-2)13-10(15-11)16-7-5-4-6-8-16/h3-8H2,1-2H3,(H,12,13,14,15). The fourth-order valence-corrected chi connectivity index (χ4v) is 2.44. The summed E-state index contributed by atoms with van der Waals surface area (Å²) in [4.78, 5) is 15.6. The summed E-state index contributed by atoms with van der Waals surface area (Å²) in [5.74, 6) is 2.46. The van der Waals surface area contributed by atoms with Crippen LogP contribution in [-0.2, 0) is 0 Å². The van der Waals surface area contributed by atoms with Gasteiger partial charge in [-0.1, -0.05) is 18.7 Å². The van der Waals surface area contributed by atoms with E-state index < -0.39 is 0 Å². The predicted octanol–water partition coefficient (Wildman–Crippen LogP) is 2.02. The zero-order chi connectivity index (χ0) is 12.1. The SMILES string of the molecule is CCSc1nc(NC)nc(N2CCCCC2)n1. The minimum absolute atomic E-state index is 0.663. The Morgan fingerprint density at radius 2 is 1.94 bits per heavy atom. The average Bonchev–Trinajstić information content (AvgIpc) is 2.40. The topological polar surface area (TPSA) is 53.9 Å². The third kappa shape index (κ3) is 3.21. The van der Waals surface area contributed by atoms with Crippen LogP contribution in [0.2, 0.25) is 0 Å². The molecular weight excluding hydrogens is 234 g/mol. The molecule has 0 aromatic carbocycles. The Balaban J connectivity index is 2.21. The van der Waals surface area contributed by atoms with Crippen molar-refractivity contribution in [2.75, 3.05) is 36.1 Å². The van der Waals surface area contributed by atoms with Crippen LogP contribution in [0.25, 0.3) is 0 Å². The van der Waals surface area contributed by atoms with Crippen molar-refractivity contribution in [1.29, 1.82) is 0 Å². The maximum absolute atomic E-state index is 4.52. The number of aromatic nitrogens is 3. The van der Waals surface area contributed by atoms with Crippen molar-refractivity contribution in [3.8, 4) is 0 Å². The molecule has 0 bridgehead atoms. The molecule has 1 aromatic heterocycles. The summed E-state index contributed by atoms with van der Waals surface area (Å²) in [5, 5.41) is 3.82. The Morgan fingerprint density at radius 3 is 2.59 bits per heavy atom. The molecule has 0 amide bonds. The summed E-state index contributed by atoms with van der Waals surface area (Å²) in [6.45, 7) is 4.22. The van der Waals surface area contributed by atoms with Crippen LogP contribution < -0.4 is 10.2 Å². The number of anilines is 2. The molecule has 0 atom stereocenters. The van der Waals surface area contributed by atoms with Gasteiger partial charge in [-0.3, -0.25) is 0 Å².